The van der Waals surface area contributed by atoms with Gasteiger partial charge in [-0.1, -0.05) is 25.8 Å². The van der Waals surface area contributed by atoms with Gasteiger partial charge in [0.05, 0.1) is 37.9 Å². The van der Waals surface area contributed by atoms with E-state index in [9.17, 15) is 17.6 Å². The maximum Gasteiger partial charge on any atom is 0.279 e. The largest absolute Gasteiger partial charge is 0.494 e. The standard InChI is InChI=1S/C26H32F4O3/c1-3-5-6-18-7-11-24(33-17-18)19-8-10-21(22(27)15-19)26(29,30)13-14-32-25-12-9-20(31-4-2)16-23(25)28/h8-10,12,15-16,18,24H,3-7,11,13-14,17H2,1-2H3. The van der Waals surface area contributed by atoms with Gasteiger partial charge in [-0.3, -0.25) is 0 Å². The molecule has 2 unspecified atom stereocenters. The summed E-state index contributed by atoms with van der Waals surface area (Å²) in [5.41, 5.74) is -0.118. The molecule has 7 heteroatoms. The molecule has 0 aliphatic carbocycles. The van der Waals surface area contributed by atoms with Gasteiger partial charge in [0, 0.05) is 6.07 Å². The number of ether oxygens (including phenoxy) is 3. The minimum Gasteiger partial charge on any atom is -0.494 e. The first-order valence-corrected chi connectivity index (χ1v) is 11.7. The van der Waals surface area contributed by atoms with E-state index in [-0.39, 0.29) is 11.9 Å². The highest BCUT2D eigenvalue weighted by Crippen LogP contribution is 2.37. The third kappa shape index (κ3) is 6.85. The van der Waals surface area contributed by atoms with E-state index in [0.29, 0.717) is 30.4 Å². The Kier molecular flexibility index (Phi) is 9.01. The summed E-state index contributed by atoms with van der Waals surface area (Å²) in [6.07, 6.45) is 4.10. The molecule has 0 saturated carbocycles. The lowest BCUT2D eigenvalue weighted by Gasteiger charge is -2.29. The number of hydrogen-bond acceptors (Lipinski definition) is 3. The molecule has 182 valence electrons. The van der Waals surface area contributed by atoms with Gasteiger partial charge in [-0.15, -0.1) is 0 Å². The van der Waals surface area contributed by atoms with Crippen LogP contribution >= 0.6 is 0 Å². The van der Waals surface area contributed by atoms with E-state index in [1.807, 2.05) is 0 Å². The number of alkyl halides is 2. The molecule has 1 aliphatic rings. The first-order chi connectivity index (χ1) is 15.8. The van der Waals surface area contributed by atoms with Crippen molar-refractivity contribution in [1.29, 1.82) is 0 Å². The average molecular weight is 469 g/mol. The second-order valence-corrected chi connectivity index (χ2v) is 8.48. The molecule has 1 heterocycles. The lowest BCUT2D eigenvalue weighted by Crippen LogP contribution is -2.22. The van der Waals surface area contributed by atoms with Gasteiger partial charge in [-0.25, -0.2) is 17.6 Å². The minimum absolute atomic E-state index is 0.156. The first kappa shape index (κ1) is 25.3. The molecule has 0 aromatic heterocycles. The van der Waals surface area contributed by atoms with Crippen LogP contribution in [0.15, 0.2) is 36.4 Å². The van der Waals surface area contributed by atoms with Gasteiger partial charge in [0.2, 0.25) is 0 Å². The molecule has 0 bridgehead atoms. The molecule has 0 spiro atoms. The topological polar surface area (TPSA) is 27.7 Å². The van der Waals surface area contributed by atoms with Crippen LogP contribution in [0.25, 0.3) is 0 Å². The van der Waals surface area contributed by atoms with Gasteiger partial charge in [0.25, 0.3) is 5.92 Å². The van der Waals surface area contributed by atoms with Crippen LogP contribution in [0.1, 0.15) is 69.6 Å². The predicted octanol–water partition coefficient (Wildman–Crippen LogP) is 7.58. The summed E-state index contributed by atoms with van der Waals surface area (Å²) in [5.74, 6) is -4.45. The Morgan fingerprint density at radius 2 is 1.82 bits per heavy atom. The number of unbranched alkanes of at least 4 members (excludes halogenated alkanes) is 1. The normalized spacial score (nSPS) is 18.8. The summed E-state index contributed by atoms with van der Waals surface area (Å²) in [5, 5.41) is 0. The summed E-state index contributed by atoms with van der Waals surface area (Å²) >= 11 is 0. The molecule has 2 atom stereocenters. The molecular formula is C26H32F4O3. The monoisotopic (exact) mass is 468 g/mol. The van der Waals surface area contributed by atoms with Crippen molar-refractivity contribution >= 4 is 0 Å². The maximum absolute atomic E-state index is 14.7. The molecular weight excluding hydrogens is 436 g/mol. The lowest BCUT2D eigenvalue weighted by molar-refractivity contribution is -0.0288. The second-order valence-electron chi connectivity index (χ2n) is 8.48. The molecule has 0 amide bonds. The van der Waals surface area contributed by atoms with E-state index >= 15 is 0 Å². The Labute approximate surface area is 193 Å². The molecule has 3 nitrogen and oxygen atoms in total. The van der Waals surface area contributed by atoms with Gasteiger partial charge in [0.1, 0.15) is 11.6 Å². The zero-order valence-electron chi connectivity index (χ0n) is 19.2. The van der Waals surface area contributed by atoms with Crippen molar-refractivity contribution in [3.63, 3.8) is 0 Å². The van der Waals surface area contributed by atoms with Gasteiger partial charge in [-0.05, 0) is 61.9 Å². The zero-order valence-corrected chi connectivity index (χ0v) is 19.2. The molecule has 2 aromatic carbocycles. The van der Waals surface area contributed by atoms with Crippen LogP contribution in [-0.4, -0.2) is 19.8 Å². The van der Waals surface area contributed by atoms with Crippen molar-refractivity contribution < 1.29 is 31.8 Å². The number of rotatable bonds is 11. The summed E-state index contributed by atoms with van der Waals surface area (Å²) < 4.78 is 74.2. The van der Waals surface area contributed by atoms with Gasteiger partial charge < -0.3 is 14.2 Å². The SMILES string of the molecule is CCCCC1CCC(c2ccc(C(F)(F)CCOc3ccc(OCC)cc3F)c(F)c2)OC1. The molecule has 0 N–H and O–H groups in total. The van der Waals surface area contributed by atoms with Crippen LogP contribution in [0, 0.1) is 17.6 Å². The third-order valence-electron chi connectivity index (χ3n) is 5.98. The quantitative estimate of drug-likeness (QED) is 0.318. The minimum atomic E-state index is -3.46. The Bertz CT molecular complexity index is 895. The van der Waals surface area contributed by atoms with Crippen LogP contribution in [0.3, 0.4) is 0 Å². The van der Waals surface area contributed by atoms with Crippen molar-refractivity contribution in [2.75, 3.05) is 19.8 Å². The Morgan fingerprint density at radius 3 is 2.45 bits per heavy atom. The highest BCUT2D eigenvalue weighted by atomic mass is 19.3. The van der Waals surface area contributed by atoms with Crippen LogP contribution < -0.4 is 9.47 Å². The maximum atomic E-state index is 14.7. The molecule has 3 rings (SSSR count). The summed E-state index contributed by atoms with van der Waals surface area (Å²) in [4.78, 5) is 0. The van der Waals surface area contributed by atoms with Crippen LogP contribution in [0.2, 0.25) is 0 Å². The molecule has 2 aromatic rings. The molecule has 1 fully saturated rings. The van der Waals surface area contributed by atoms with Crippen molar-refractivity contribution in [2.45, 2.75) is 64.4 Å². The number of halogens is 4. The number of benzene rings is 2. The van der Waals surface area contributed by atoms with Crippen molar-refractivity contribution in [1.82, 2.24) is 0 Å². The van der Waals surface area contributed by atoms with Crippen LogP contribution in [0.5, 0.6) is 11.5 Å². The van der Waals surface area contributed by atoms with Gasteiger partial charge >= 0.3 is 0 Å². The molecule has 1 saturated heterocycles. The Balaban J connectivity index is 1.56. The van der Waals surface area contributed by atoms with Crippen LogP contribution in [0.4, 0.5) is 17.6 Å². The van der Waals surface area contributed by atoms with Crippen molar-refractivity contribution in [3.05, 3.63) is 59.2 Å². The van der Waals surface area contributed by atoms with Crippen molar-refractivity contribution in [2.24, 2.45) is 5.92 Å². The van der Waals surface area contributed by atoms with E-state index in [4.69, 9.17) is 14.2 Å². The Morgan fingerprint density at radius 1 is 1.00 bits per heavy atom. The van der Waals surface area contributed by atoms with Gasteiger partial charge in [-0.2, -0.15) is 0 Å². The van der Waals surface area contributed by atoms with Crippen molar-refractivity contribution in [3.8, 4) is 11.5 Å². The van der Waals surface area contributed by atoms with E-state index < -0.39 is 36.1 Å². The van der Waals surface area contributed by atoms with E-state index in [1.165, 1.54) is 18.2 Å². The lowest BCUT2D eigenvalue weighted by atomic mass is 9.90. The van der Waals surface area contributed by atoms with E-state index in [1.54, 1.807) is 6.92 Å². The molecule has 0 radical (unpaired) electrons. The predicted molar refractivity (Wildman–Crippen MR) is 119 cm³/mol. The van der Waals surface area contributed by atoms with Crippen LogP contribution in [-0.2, 0) is 10.7 Å². The summed E-state index contributed by atoms with van der Waals surface area (Å²) in [6.45, 7) is 4.44. The summed E-state index contributed by atoms with van der Waals surface area (Å²) in [7, 11) is 0. The second kappa shape index (κ2) is 11.7. The first-order valence-electron chi connectivity index (χ1n) is 11.7. The highest BCUT2D eigenvalue weighted by Gasteiger charge is 2.35. The fraction of sp³-hybridized carbons (Fsp3) is 0.538. The summed E-state index contributed by atoms with van der Waals surface area (Å²) in [6, 6.07) is 7.73. The third-order valence-corrected chi connectivity index (χ3v) is 5.98. The molecule has 1 aliphatic heterocycles. The number of hydrogen-bond donors (Lipinski definition) is 0. The average Bonchev–Trinajstić information content (AvgIpc) is 2.79. The smallest absolute Gasteiger partial charge is 0.279 e. The van der Waals surface area contributed by atoms with Gasteiger partial charge in [0.15, 0.2) is 11.6 Å². The molecule has 33 heavy (non-hydrogen) atoms. The van der Waals surface area contributed by atoms with E-state index in [0.717, 1.165) is 50.3 Å². The Hall–Kier alpha value is -2.28. The van der Waals surface area contributed by atoms with E-state index in [2.05, 4.69) is 6.92 Å². The fourth-order valence-corrected chi connectivity index (χ4v) is 4.10. The fourth-order valence-electron chi connectivity index (χ4n) is 4.10. The highest BCUT2D eigenvalue weighted by molar-refractivity contribution is 5.33. The zero-order chi connectivity index (χ0) is 23.8.